The molecule has 0 aromatic rings. The Morgan fingerprint density at radius 2 is 1.95 bits per heavy atom. The van der Waals surface area contributed by atoms with Gasteiger partial charge in [0.1, 0.15) is 0 Å². The van der Waals surface area contributed by atoms with Gasteiger partial charge in [-0.3, -0.25) is 4.79 Å². The number of hydrogen-bond acceptors (Lipinski definition) is 3. The van der Waals surface area contributed by atoms with Crippen molar-refractivity contribution >= 4 is 28.0 Å². The summed E-state index contributed by atoms with van der Waals surface area (Å²) in [4.78, 5) is 11.5. The molecule has 0 aliphatic heterocycles. The van der Waals surface area contributed by atoms with Crippen LogP contribution in [0.3, 0.4) is 0 Å². The third-order valence-corrected chi connectivity index (χ3v) is 5.31. The predicted molar refractivity (Wildman–Crippen MR) is 96.8 cm³/mol. The summed E-state index contributed by atoms with van der Waals surface area (Å²) in [6, 6.07) is 0. The summed E-state index contributed by atoms with van der Waals surface area (Å²) in [6.45, 7) is 14.1. The molecule has 0 radical (unpaired) electrons. The molecule has 1 nitrogen and oxygen atoms in total. The Hall–Kier alpha value is -0.410. The zero-order chi connectivity index (χ0) is 15.6. The van der Waals surface area contributed by atoms with Gasteiger partial charge in [-0.25, -0.2) is 0 Å². The minimum atomic E-state index is -0.158. The number of thioether (sulfide) groups is 2. The fourth-order valence-electron chi connectivity index (χ4n) is 1.80. The normalized spacial score (nSPS) is 14.7. The quantitative estimate of drug-likeness (QED) is 0.445. The highest BCUT2D eigenvalue weighted by atomic mass is 32.2. The van der Waals surface area contributed by atoms with Crippen LogP contribution in [0.25, 0.3) is 0 Å². The standard InChI is InChI=1S/C17H28OS2/c1-7-17(5,20-16(18)19-6)13-9-12-15(4)11-8-10-14(2)3/h7,12H,1-2,8-11,13H2,3-6H3/b15-12+. The van der Waals surface area contributed by atoms with Gasteiger partial charge < -0.3 is 0 Å². The van der Waals surface area contributed by atoms with Gasteiger partial charge in [-0.1, -0.05) is 46.8 Å². The Balaban J connectivity index is 4.19. The van der Waals surface area contributed by atoms with Crippen LogP contribution < -0.4 is 0 Å². The van der Waals surface area contributed by atoms with Crippen LogP contribution in [-0.4, -0.2) is 15.5 Å². The molecule has 0 spiro atoms. The lowest BCUT2D eigenvalue weighted by Gasteiger charge is -2.22. The summed E-state index contributed by atoms with van der Waals surface area (Å²) in [6.07, 6.45) is 11.4. The Bertz CT molecular complexity index is 371. The second-order valence-corrected chi connectivity index (χ2v) is 8.02. The molecule has 1 atom stereocenters. The van der Waals surface area contributed by atoms with E-state index in [4.69, 9.17) is 0 Å². The molecule has 0 aliphatic rings. The molecule has 3 heteroatoms. The molecule has 0 amide bonds. The fourth-order valence-corrected chi connectivity index (χ4v) is 3.39. The lowest BCUT2D eigenvalue weighted by atomic mass is 10.0. The molecule has 0 saturated carbocycles. The highest BCUT2D eigenvalue weighted by molar-refractivity contribution is 8.38. The summed E-state index contributed by atoms with van der Waals surface area (Å²) >= 11 is 2.66. The second-order valence-electron chi connectivity index (χ2n) is 5.47. The van der Waals surface area contributed by atoms with Crippen LogP contribution in [0, 0.1) is 0 Å². The van der Waals surface area contributed by atoms with Crippen molar-refractivity contribution in [3.05, 3.63) is 36.5 Å². The Kier molecular flexibility index (Phi) is 10.1. The fraction of sp³-hybridized carbons (Fsp3) is 0.588. The maximum absolute atomic E-state index is 11.5. The SMILES string of the molecule is C=CC(C)(CC/C=C(\C)CCCC(=C)C)SC(=O)SC. The van der Waals surface area contributed by atoms with Crippen molar-refractivity contribution in [1.82, 2.24) is 0 Å². The van der Waals surface area contributed by atoms with Crippen LogP contribution >= 0.6 is 23.5 Å². The zero-order valence-electron chi connectivity index (χ0n) is 13.3. The Morgan fingerprint density at radius 1 is 1.30 bits per heavy atom. The van der Waals surface area contributed by atoms with Gasteiger partial charge in [-0.2, -0.15) is 0 Å². The molecule has 0 heterocycles. The van der Waals surface area contributed by atoms with Crippen molar-refractivity contribution in [1.29, 1.82) is 0 Å². The van der Waals surface area contributed by atoms with Crippen molar-refractivity contribution in [2.45, 2.75) is 57.6 Å². The van der Waals surface area contributed by atoms with Gasteiger partial charge in [0.05, 0.1) is 0 Å². The molecule has 0 fully saturated rings. The van der Waals surface area contributed by atoms with E-state index in [1.54, 1.807) is 0 Å². The van der Waals surface area contributed by atoms with E-state index >= 15 is 0 Å². The summed E-state index contributed by atoms with van der Waals surface area (Å²) in [5.74, 6) is 0. The number of hydrogen-bond donors (Lipinski definition) is 0. The smallest absolute Gasteiger partial charge is 0.246 e. The molecule has 20 heavy (non-hydrogen) atoms. The summed E-state index contributed by atoms with van der Waals surface area (Å²) < 4.78 is 0.00347. The molecule has 114 valence electrons. The van der Waals surface area contributed by atoms with Crippen LogP contribution in [0.1, 0.15) is 52.9 Å². The van der Waals surface area contributed by atoms with Gasteiger partial charge in [0.15, 0.2) is 0 Å². The van der Waals surface area contributed by atoms with Gasteiger partial charge in [-0.05, 0) is 59.1 Å². The molecular weight excluding hydrogens is 284 g/mol. The van der Waals surface area contributed by atoms with Crippen LogP contribution in [0.4, 0.5) is 4.79 Å². The topological polar surface area (TPSA) is 17.1 Å². The van der Waals surface area contributed by atoms with Gasteiger partial charge >= 0.3 is 0 Å². The van der Waals surface area contributed by atoms with E-state index in [-0.39, 0.29) is 9.19 Å². The van der Waals surface area contributed by atoms with Gasteiger partial charge in [0.2, 0.25) is 4.45 Å². The zero-order valence-corrected chi connectivity index (χ0v) is 15.0. The maximum atomic E-state index is 11.5. The van der Waals surface area contributed by atoms with E-state index in [0.717, 1.165) is 25.7 Å². The van der Waals surface area contributed by atoms with Crippen LogP contribution in [0.15, 0.2) is 36.5 Å². The van der Waals surface area contributed by atoms with Crippen molar-refractivity contribution in [3.8, 4) is 0 Å². The summed E-state index contributed by atoms with van der Waals surface area (Å²) in [7, 11) is 0. The molecule has 0 aliphatic carbocycles. The van der Waals surface area contributed by atoms with Crippen LogP contribution in [0.5, 0.6) is 0 Å². The first-order chi connectivity index (χ1) is 9.33. The van der Waals surface area contributed by atoms with Crippen molar-refractivity contribution in [3.63, 3.8) is 0 Å². The average molecular weight is 313 g/mol. The van der Waals surface area contributed by atoms with E-state index in [1.807, 2.05) is 12.3 Å². The van der Waals surface area contributed by atoms with E-state index in [9.17, 15) is 4.79 Å². The van der Waals surface area contributed by atoms with Crippen LogP contribution in [0.2, 0.25) is 0 Å². The third kappa shape index (κ3) is 9.49. The highest BCUT2D eigenvalue weighted by Gasteiger charge is 2.23. The first kappa shape index (κ1) is 19.6. The molecular formula is C17H28OS2. The summed E-state index contributed by atoms with van der Waals surface area (Å²) in [5, 5.41) is 0. The molecule has 0 aromatic carbocycles. The molecule has 0 rings (SSSR count). The van der Waals surface area contributed by atoms with Gasteiger partial charge in [0, 0.05) is 4.75 Å². The minimum absolute atomic E-state index is 0.158. The predicted octanol–water partition coefficient (Wildman–Crippen LogP) is 6.62. The molecule has 1 unspecified atom stereocenters. The number of carbonyl (C=O) groups is 1. The van der Waals surface area contributed by atoms with Gasteiger partial charge in [-0.15, -0.1) is 13.2 Å². The van der Waals surface area contributed by atoms with Crippen LogP contribution in [-0.2, 0) is 0 Å². The molecule has 0 saturated heterocycles. The number of rotatable bonds is 9. The highest BCUT2D eigenvalue weighted by Crippen LogP contribution is 2.35. The van der Waals surface area contributed by atoms with E-state index in [0.29, 0.717) is 0 Å². The molecule has 0 bridgehead atoms. The third-order valence-electron chi connectivity index (χ3n) is 3.22. The summed E-state index contributed by atoms with van der Waals surface area (Å²) in [5.41, 5.74) is 2.68. The minimum Gasteiger partial charge on any atom is -0.274 e. The monoisotopic (exact) mass is 312 g/mol. The largest absolute Gasteiger partial charge is 0.274 e. The first-order valence-corrected chi connectivity index (χ1v) is 9.07. The number of allylic oxidation sites excluding steroid dienone is 3. The Labute approximate surface area is 133 Å². The van der Waals surface area contributed by atoms with E-state index < -0.39 is 0 Å². The lowest BCUT2D eigenvalue weighted by molar-refractivity contribution is 0.276. The average Bonchev–Trinajstić information content (AvgIpc) is 2.38. The van der Waals surface area contributed by atoms with E-state index in [2.05, 4.69) is 40.0 Å². The lowest BCUT2D eigenvalue weighted by Crippen LogP contribution is -2.17. The second kappa shape index (κ2) is 10.3. The maximum Gasteiger partial charge on any atom is 0.246 e. The van der Waals surface area contributed by atoms with Crippen molar-refractivity contribution < 1.29 is 4.79 Å². The van der Waals surface area contributed by atoms with E-state index in [1.165, 1.54) is 41.1 Å². The van der Waals surface area contributed by atoms with Crippen molar-refractivity contribution in [2.24, 2.45) is 0 Å². The van der Waals surface area contributed by atoms with Crippen molar-refractivity contribution in [2.75, 3.05) is 6.26 Å². The molecule has 0 N–H and O–H groups in total. The molecule has 0 aromatic heterocycles. The van der Waals surface area contributed by atoms with Gasteiger partial charge in [0.25, 0.3) is 0 Å². The first-order valence-electron chi connectivity index (χ1n) is 7.03. The Morgan fingerprint density at radius 3 is 2.45 bits per heavy atom. The number of carbonyl (C=O) groups excluding carboxylic acids is 1.